The Kier molecular flexibility index (Phi) is 4.13. The van der Waals surface area contributed by atoms with E-state index >= 15 is 0 Å². The Morgan fingerprint density at radius 1 is 1.16 bits per heavy atom. The first-order chi connectivity index (χ1) is 9.10. The lowest BCUT2D eigenvalue weighted by atomic mass is 10.2. The molecule has 4 N–H and O–H groups in total. The van der Waals surface area contributed by atoms with Gasteiger partial charge in [0.05, 0.1) is 5.69 Å². The number of nitrogens with one attached hydrogen (secondary N) is 2. The lowest BCUT2D eigenvalue weighted by molar-refractivity contribution is 0.102. The van der Waals surface area contributed by atoms with Crippen LogP contribution in [0.2, 0.25) is 0 Å². The monoisotopic (exact) mass is 323 g/mol. The van der Waals surface area contributed by atoms with Gasteiger partial charge in [-0.15, -0.1) is 0 Å². The molecule has 0 saturated heterocycles. The zero-order valence-corrected chi connectivity index (χ0v) is 11.4. The molecule has 0 fully saturated rings. The average Bonchev–Trinajstić information content (AvgIpc) is 2.43. The first-order valence-electron chi connectivity index (χ1n) is 5.43. The second kappa shape index (κ2) is 5.81. The molecule has 0 radical (unpaired) electrons. The van der Waals surface area contributed by atoms with Crippen LogP contribution in [0.1, 0.15) is 10.4 Å². The van der Waals surface area contributed by atoms with Gasteiger partial charge in [0.15, 0.2) is 0 Å². The van der Waals surface area contributed by atoms with Crippen molar-refractivity contribution in [3.05, 3.63) is 58.3 Å². The third kappa shape index (κ3) is 3.30. The average molecular weight is 324 g/mol. The summed E-state index contributed by atoms with van der Waals surface area (Å²) in [5, 5.41) is 2.63. The van der Waals surface area contributed by atoms with Crippen molar-refractivity contribution < 1.29 is 9.18 Å². The maximum atomic E-state index is 13.1. The number of anilines is 2. The highest BCUT2D eigenvalue weighted by atomic mass is 79.9. The lowest BCUT2D eigenvalue weighted by Crippen LogP contribution is -2.13. The first-order valence-corrected chi connectivity index (χ1v) is 6.22. The van der Waals surface area contributed by atoms with Crippen molar-refractivity contribution in [3.63, 3.8) is 0 Å². The molecule has 0 bridgehead atoms. The summed E-state index contributed by atoms with van der Waals surface area (Å²) in [6.45, 7) is 0. The van der Waals surface area contributed by atoms with E-state index in [1.807, 2.05) is 0 Å². The Balaban J connectivity index is 2.18. The fourth-order valence-electron chi connectivity index (χ4n) is 1.51. The first kappa shape index (κ1) is 13.5. The highest BCUT2D eigenvalue weighted by Crippen LogP contribution is 2.23. The van der Waals surface area contributed by atoms with E-state index in [0.29, 0.717) is 21.4 Å². The minimum absolute atomic E-state index is 0.324. The van der Waals surface area contributed by atoms with E-state index in [-0.39, 0.29) is 5.91 Å². The number of halogens is 2. The minimum Gasteiger partial charge on any atom is -0.324 e. The van der Waals surface area contributed by atoms with Crippen molar-refractivity contribution in [1.82, 2.24) is 0 Å². The highest BCUT2D eigenvalue weighted by molar-refractivity contribution is 9.10. The SMILES string of the molecule is NNc1ccc(C(=O)Nc2cc(F)ccc2Br)cc1. The Bertz CT molecular complexity index is 601. The van der Waals surface area contributed by atoms with E-state index < -0.39 is 5.82 Å². The predicted octanol–water partition coefficient (Wildman–Crippen LogP) is 3.13. The van der Waals surface area contributed by atoms with Crippen molar-refractivity contribution in [3.8, 4) is 0 Å². The minimum atomic E-state index is -0.416. The standard InChI is InChI=1S/C13H11BrFN3O/c14-11-6-3-9(15)7-12(11)17-13(19)8-1-4-10(18-16)5-2-8/h1-7,18H,16H2,(H,17,19). The van der Waals surface area contributed by atoms with Crippen LogP contribution in [0.15, 0.2) is 46.9 Å². The lowest BCUT2D eigenvalue weighted by Gasteiger charge is -2.08. The molecule has 0 spiro atoms. The predicted molar refractivity (Wildman–Crippen MR) is 76.3 cm³/mol. The topological polar surface area (TPSA) is 67.1 Å². The number of hydrogen-bond acceptors (Lipinski definition) is 3. The Morgan fingerprint density at radius 3 is 2.47 bits per heavy atom. The van der Waals surface area contributed by atoms with Gasteiger partial charge in [0.1, 0.15) is 5.82 Å². The third-order valence-corrected chi connectivity index (χ3v) is 3.18. The zero-order valence-electron chi connectivity index (χ0n) is 9.78. The van der Waals surface area contributed by atoms with Crippen LogP contribution in [0.4, 0.5) is 15.8 Å². The third-order valence-electron chi connectivity index (χ3n) is 2.49. The normalized spacial score (nSPS) is 10.1. The van der Waals surface area contributed by atoms with Crippen LogP contribution in [-0.2, 0) is 0 Å². The van der Waals surface area contributed by atoms with Gasteiger partial charge in [-0.25, -0.2) is 4.39 Å². The van der Waals surface area contributed by atoms with Crippen LogP contribution >= 0.6 is 15.9 Å². The fraction of sp³-hybridized carbons (Fsp3) is 0. The van der Waals surface area contributed by atoms with Gasteiger partial charge in [0, 0.05) is 15.7 Å². The summed E-state index contributed by atoms with van der Waals surface area (Å²) in [5.74, 6) is 4.50. The van der Waals surface area contributed by atoms with Crippen molar-refractivity contribution in [1.29, 1.82) is 0 Å². The van der Waals surface area contributed by atoms with Gasteiger partial charge in [-0.1, -0.05) is 0 Å². The number of carbonyl (C=O) groups is 1. The summed E-state index contributed by atoms with van der Waals surface area (Å²) in [5.41, 5.74) is 4.00. The molecule has 0 aliphatic heterocycles. The van der Waals surface area contributed by atoms with Crippen LogP contribution in [0.25, 0.3) is 0 Å². The van der Waals surface area contributed by atoms with E-state index in [1.165, 1.54) is 18.2 Å². The van der Waals surface area contributed by atoms with Gasteiger partial charge < -0.3 is 10.7 Å². The Morgan fingerprint density at radius 2 is 1.84 bits per heavy atom. The van der Waals surface area contributed by atoms with Gasteiger partial charge in [0.2, 0.25) is 0 Å². The number of amides is 1. The second-order valence-corrected chi connectivity index (χ2v) is 4.65. The number of rotatable bonds is 3. The largest absolute Gasteiger partial charge is 0.324 e. The molecular weight excluding hydrogens is 313 g/mol. The number of hydrogen-bond donors (Lipinski definition) is 3. The molecule has 0 heterocycles. The maximum Gasteiger partial charge on any atom is 0.255 e. The van der Waals surface area contributed by atoms with Gasteiger partial charge in [-0.05, 0) is 58.4 Å². The molecule has 0 aliphatic rings. The number of benzene rings is 2. The number of carbonyl (C=O) groups excluding carboxylic acids is 1. The summed E-state index contributed by atoms with van der Waals surface area (Å²) < 4.78 is 13.7. The summed E-state index contributed by atoms with van der Waals surface area (Å²) >= 11 is 3.25. The molecule has 0 aliphatic carbocycles. The van der Waals surface area contributed by atoms with Crippen molar-refractivity contribution in [2.75, 3.05) is 10.7 Å². The molecule has 2 aromatic rings. The molecule has 0 atom stereocenters. The van der Waals surface area contributed by atoms with Crippen LogP contribution in [0.5, 0.6) is 0 Å². The highest BCUT2D eigenvalue weighted by Gasteiger charge is 2.09. The van der Waals surface area contributed by atoms with Crippen LogP contribution in [0, 0.1) is 5.82 Å². The van der Waals surface area contributed by atoms with Crippen LogP contribution < -0.4 is 16.6 Å². The van der Waals surface area contributed by atoms with E-state index in [0.717, 1.165) is 0 Å². The maximum absolute atomic E-state index is 13.1. The molecule has 2 rings (SSSR count). The molecule has 19 heavy (non-hydrogen) atoms. The van der Waals surface area contributed by atoms with Crippen LogP contribution in [0.3, 0.4) is 0 Å². The summed E-state index contributed by atoms with van der Waals surface area (Å²) in [6.07, 6.45) is 0. The molecule has 2 aromatic carbocycles. The van der Waals surface area contributed by atoms with E-state index in [2.05, 4.69) is 26.7 Å². The molecule has 6 heteroatoms. The van der Waals surface area contributed by atoms with E-state index in [4.69, 9.17) is 5.84 Å². The van der Waals surface area contributed by atoms with Gasteiger partial charge in [-0.3, -0.25) is 10.6 Å². The molecule has 4 nitrogen and oxygen atoms in total. The quantitative estimate of drug-likeness (QED) is 0.600. The summed E-state index contributed by atoms with van der Waals surface area (Å²) in [4.78, 5) is 12.0. The van der Waals surface area contributed by atoms with Crippen molar-refractivity contribution in [2.45, 2.75) is 0 Å². The molecule has 1 amide bonds. The summed E-state index contributed by atoms with van der Waals surface area (Å²) in [6, 6.07) is 10.7. The zero-order chi connectivity index (χ0) is 13.8. The number of hydrazine groups is 1. The van der Waals surface area contributed by atoms with Crippen molar-refractivity contribution >= 4 is 33.2 Å². The molecule has 0 saturated carbocycles. The van der Waals surface area contributed by atoms with E-state index in [1.54, 1.807) is 24.3 Å². The van der Waals surface area contributed by atoms with Gasteiger partial charge >= 0.3 is 0 Å². The summed E-state index contributed by atoms with van der Waals surface area (Å²) in [7, 11) is 0. The van der Waals surface area contributed by atoms with E-state index in [9.17, 15) is 9.18 Å². The molecular formula is C13H11BrFN3O. The molecule has 98 valence electrons. The van der Waals surface area contributed by atoms with Crippen molar-refractivity contribution in [2.24, 2.45) is 5.84 Å². The smallest absolute Gasteiger partial charge is 0.255 e. The fourth-order valence-corrected chi connectivity index (χ4v) is 1.85. The van der Waals surface area contributed by atoms with Crippen LogP contribution in [-0.4, -0.2) is 5.91 Å². The Labute approximate surface area is 117 Å². The molecule has 0 aromatic heterocycles. The number of nitrogens with two attached hydrogens (primary N) is 1. The van der Waals surface area contributed by atoms with Gasteiger partial charge in [-0.2, -0.15) is 0 Å². The second-order valence-electron chi connectivity index (χ2n) is 3.80. The Hall–Kier alpha value is -1.92. The number of nitrogen functional groups attached to an aromatic ring is 1. The molecule has 0 unspecified atom stereocenters. The van der Waals surface area contributed by atoms with Gasteiger partial charge in [0.25, 0.3) is 5.91 Å².